The lowest BCUT2D eigenvalue weighted by Crippen LogP contribution is -2.36. The minimum absolute atomic E-state index is 0.0754. The van der Waals surface area contributed by atoms with E-state index in [0.717, 1.165) is 30.2 Å². The number of nitro benzene ring substituents is 1. The van der Waals surface area contributed by atoms with Crippen molar-refractivity contribution in [3.8, 4) is 5.75 Å². The van der Waals surface area contributed by atoms with Gasteiger partial charge in [-0.15, -0.1) is 0 Å². The van der Waals surface area contributed by atoms with Crippen LogP contribution in [-0.2, 0) is 16.1 Å². The molecule has 1 aliphatic rings. The highest BCUT2D eigenvalue weighted by molar-refractivity contribution is 5.97. The quantitative estimate of drug-likeness (QED) is 0.307. The molecule has 0 heterocycles. The van der Waals surface area contributed by atoms with Crippen molar-refractivity contribution in [1.82, 2.24) is 4.90 Å². The zero-order chi connectivity index (χ0) is 23.1. The summed E-state index contributed by atoms with van der Waals surface area (Å²) in [7, 11) is 1.58. The van der Waals surface area contributed by atoms with Gasteiger partial charge < -0.3 is 24.8 Å². The zero-order valence-electron chi connectivity index (χ0n) is 17.7. The number of nitrogens with one attached hydrogen (secondary N) is 1. The van der Waals surface area contributed by atoms with Crippen molar-refractivity contribution >= 4 is 23.3 Å². The van der Waals surface area contributed by atoms with E-state index in [1.807, 2.05) is 24.3 Å². The minimum atomic E-state index is -0.859. The van der Waals surface area contributed by atoms with Crippen molar-refractivity contribution in [3.05, 3.63) is 63.7 Å². The number of esters is 1. The number of non-ortho nitro benzene ring substituents is 1. The fourth-order valence-corrected chi connectivity index (χ4v) is 3.18. The van der Waals surface area contributed by atoms with Crippen molar-refractivity contribution in [3.63, 3.8) is 0 Å². The molecule has 3 rings (SSSR count). The first-order valence-corrected chi connectivity index (χ1v) is 10.2. The van der Waals surface area contributed by atoms with E-state index in [2.05, 4.69) is 5.32 Å². The largest absolute Gasteiger partial charge is 0.497 e. The predicted octanol–water partition coefficient (Wildman–Crippen LogP) is 2.36. The Bertz CT molecular complexity index is 974. The smallest absolute Gasteiger partial charge is 0.341 e. The molecule has 10 nitrogen and oxygen atoms in total. The monoisotopic (exact) mass is 443 g/mol. The zero-order valence-corrected chi connectivity index (χ0v) is 17.7. The molecular weight excluding hydrogens is 418 g/mol. The SMILES string of the molecule is COc1ccc(CN(C(=O)COC(=O)c2cc([N+](=O)[O-])ccc2NCCO)C2CC2)cc1. The summed E-state index contributed by atoms with van der Waals surface area (Å²) in [6.45, 7) is -0.140. The highest BCUT2D eigenvalue weighted by atomic mass is 16.6. The summed E-state index contributed by atoms with van der Waals surface area (Å²) in [4.78, 5) is 37.5. The van der Waals surface area contributed by atoms with Crippen molar-refractivity contribution < 1.29 is 29.1 Å². The second-order valence-electron chi connectivity index (χ2n) is 7.31. The maximum atomic E-state index is 12.8. The van der Waals surface area contributed by atoms with Crippen LogP contribution in [0, 0.1) is 10.1 Å². The van der Waals surface area contributed by atoms with Gasteiger partial charge in [-0.2, -0.15) is 0 Å². The maximum Gasteiger partial charge on any atom is 0.341 e. The van der Waals surface area contributed by atoms with Gasteiger partial charge in [-0.3, -0.25) is 14.9 Å². The predicted molar refractivity (Wildman–Crippen MR) is 116 cm³/mol. The summed E-state index contributed by atoms with van der Waals surface area (Å²) in [5.41, 5.74) is 0.844. The number of anilines is 1. The van der Waals surface area contributed by atoms with Crippen LogP contribution in [0.1, 0.15) is 28.8 Å². The van der Waals surface area contributed by atoms with Crippen LogP contribution in [0.4, 0.5) is 11.4 Å². The first-order valence-electron chi connectivity index (χ1n) is 10.2. The molecule has 2 aromatic carbocycles. The van der Waals surface area contributed by atoms with Crippen molar-refractivity contribution in [2.75, 3.05) is 32.2 Å². The van der Waals surface area contributed by atoms with Gasteiger partial charge in [-0.1, -0.05) is 12.1 Å². The third kappa shape index (κ3) is 5.94. The number of rotatable bonds is 11. The number of aliphatic hydroxyl groups is 1. The molecule has 0 aromatic heterocycles. The van der Waals surface area contributed by atoms with E-state index in [1.165, 1.54) is 12.1 Å². The number of methoxy groups -OCH3 is 1. The van der Waals surface area contributed by atoms with Crippen LogP contribution in [0.5, 0.6) is 5.75 Å². The number of benzene rings is 2. The molecule has 1 fully saturated rings. The van der Waals surface area contributed by atoms with Crippen molar-refractivity contribution in [2.24, 2.45) is 0 Å². The standard InChI is InChI=1S/C22H25N3O7/c1-31-18-7-2-15(3-8-18)13-24(16-4-5-16)21(27)14-32-22(28)19-12-17(25(29)30)6-9-20(19)23-10-11-26/h2-3,6-9,12,16,23,26H,4-5,10-11,13-14H2,1H3. The van der Waals surface area contributed by atoms with Crippen molar-refractivity contribution in [1.29, 1.82) is 0 Å². The number of hydrogen-bond acceptors (Lipinski definition) is 8. The van der Waals surface area contributed by atoms with E-state index in [-0.39, 0.29) is 42.0 Å². The molecule has 1 aliphatic carbocycles. The molecule has 10 heteroatoms. The average Bonchev–Trinajstić information content (AvgIpc) is 3.64. The molecule has 170 valence electrons. The van der Waals surface area contributed by atoms with Gasteiger partial charge in [-0.25, -0.2) is 4.79 Å². The molecule has 0 bridgehead atoms. The van der Waals surface area contributed by atoms with Crippen LogP contribution in [0.25, 0.3) is 0 Å². The molecule has 0 radical (unpaired) electrons. The van der Waals surface area contributed by atoms with Crippen LogP contribution in [0.2, 0.25) is 0 Å². The molecule has 2 N–H and O–H groups in total. The lowest BCUT2D eigenvalue weighted by molar-refractivity contribution is -0.384. The third-order valence-corrected chi connectivity index (χ3v) is 5.01. The van der Waals surface area contributed by atoms with Gasteiger partial charge in [0.15, 0.2) is 6.61 Å². The van der Waals surface area contributed by atoms with Gasteiger partial charge in [0.25, 0.3) is 11.6 Å². The highest BCUT2D eigenvalue weighted by Crippen LogP contribution is 2.29. The molecule has 0 aliphatic heterocycles. The van der Waals surface area contributed by atoms with E-state index >= 15 is 0 Å². The molecule has 0 saturated heterocycles. The number of carbonyl (C=O) groups is 2. The fraction of sp³-hybridized carbons (Fsp3) is 0.364. The molecule has 32 heavy (non-hydrogen) atoms. The van der Waals surface area contributed by atoms with Gasteiger partial charge in [0.2, 0.25) is 0 Å². The normalized spacial score (nSPS) is 12.7. The Kier molecular flexibility index (Phi) is 7.61. The van der Waals surface area contributed by atoms with Gasteiger partial charge in [0.1, 0.15) is 5.75 Å². The molecule has 1 amide bonds. The molecule has 0 atom stereocenters. The van der Waals surface area contributed by atoms with E-state index in [1.54, 1.807) is 12.0 Å². The van der Waals surface area contributed by atoms with Gasteiger partial charge >= 0.3 is 5.97 Å². The first-order chi connectivity index (χ1) is 15.4. The Morgan fingerprint density at radius 1 is 1.22 bits per heavy atom. The Morgan fingerprint density at radius 2 is 1.94 bits per heavy atom. The lowest BCUT2D eigenvalue weighted by atomic mass is 10.1. The molecule has 0 spiro atoms. The summed E-state index contributed by atoms with van der Waals surface area (Å²) in [5.74, 6) is -0.482. The Hall–Kier alpha value is -3.66. The first kappa shape index (κ1) is 23.0. The number of amides is 1. The van der Waals surface area contributed by atoms with E-state index in [9.17, 15) is 19.7 Å². The van der Waals surface area contributed by atoms with Crippen LogP contribution in [0.3, 0.4) is 0 Å². The second kappa shape index (κ2) is 10.6. The van der Waals surface area contributed by atoms with Crippen molar-refractivity contribution in [2.45, 2.75) is 25.4 Å². The van der Waals surface area contributed by atoms with Gasteiger partial charge in [0, 0.05) is 37.0 Å². The molecule has 1 saturated carbocycles. The number of ether oxygens (including phenoxy) is 2. The van der Waals surface area contributed by atoms with E-state index in [4.69, 9.17) is 14.6 Å². The van der Waals surface area contributed by atoms with E-state index < -0.39 is 17.5 Å². The minimum Gasteiger partial charge on any atom is -0.497 e. The average molecular weight is 443 g/mol. The van der Waals surface area contributed by atoms with Gasteiger partial charge in [0.05, 0.1) is 24.2 Å². The number of aliphatic hydroxyl groups excluding tert-OH is 1. The summed E-state index contributed by atoms with van der Waals surface area (Å²) in [6.07, 6.45) is 1.77. The summed E-state index contributed by atoms with van der Waals surface area (Å²) in [5, 5.41) is 22.9. The Balaban J connectivity index is 1.67. The third-order valence-electron chi connectivity index (χ3n) is 5.01. The van der Waals surface area contributed by atoms with Crippen LogP contribution in [-0.4, -0.2) is 59.7 Å². The molecular formula is C22H25N3O7. The summed E-state index contributed by atoms with van der Waals surface area (Å²) < 4.78 is 10.3. The van der Waals surface area contributed by atoms with E-state index in [0.29, 0.717) is 6.54 Å². The lowest BCUT2D eigenvalue weighted by Gasteiger charge is -2.22. The Morgan fingerprint density at radius 3 is 2.53 bits per heavy atom. The fourth-order valence-electron chi connectivity index (χ4n) is 3.18. The summed E-state index contributed by atoms with van der Waals surface area (Å²) >= 11 is 0. The maximum absolute atomic E-state index is 12.8. The van der Waals surface area contributed by atoms with Gasteiger partial charge in [-0.05, 0) is 36.6 Å². The topological polar surface area (TPSA) is 131 Å². The second-order valence-corrected chi connectivity index (χ2v) is 7.31. The number of nitrogens with zero attached hydrogens (tertiary/aromatic N) is 2. The summed E-state index contributed by atoms with van der Waals surface area (Å²) in [6, 6.07) is 11.2. The molecule has 2 aromatic rings. The van der Waals surface area contributed by atoms with Crippen LogP contribution >= 0.6 is 0 Å². The van der Waals surface area contributed by atoms with Crippen LogP contribution in [0.15, 0.2) is 42.5 Å². The number of nitro groups is 1. The highest BCUT2D eigenvalue weighted by Gasteiger charge is 2.33. The number of carbonyl (C=O) groups excluding carboxylic acids is 2. The Labute approximate surface area is 184 Å². The number of hydrogen-bond donors (Lipinski definition) is 2. The van der Waals surface area contributed by atoms with Crippen LogP contribution < -0.4 is 10.1 Å². The molecule has 0 unspecified atom stereocenters.